The van der Waals surface area contributed by atoms with Crippen molar-refractivity contribution in [2.45, 2.75) is 84.2 Å². The first kappa shape index (κ1) is 19.9. The summed E-state index contributed by atoms with van der Waals surface area (Å²) < 4.78 is 9.74. The molecule has 2 N–H and O–H groups in total. The fraction of sp³-hybridized carbons (Fsp3) is 0.882. The van der Waals surface area contributed by atoms with Crippen LogP contribution in [0.4, 0.5) is 0 Å². The van der Waals surface area contributed by atoms with Gasteiger partial charge in [0.25, 0.3) is 0 Å². The first-order valence-corrected chi connectivity index (χ1v) is 8.67. The number of ether oxygens (including phenoxy) is 2. The van der Waals surface area contributed by atoms with E-state index in [1.54, 1.807) is 0 Å². The molecule has 0 radical (unpaired) electrons. The molecular formula is C17H30O6. The number of hydrogen-bond acceptors (Lipinski definition) is 6. The van der Waals surface area contributed by atoms with Gasteiger partial charge in [0, 0.05) is 6.42 Å². The Morgan fingerprint density at radius 1 is 1.30 bits per heavy atom. The van der Waals surface area contributed by atoms with Crippen molar-refractivity contribution in [2.24, 2.45) is 11.8 Å². The summed E-state index contributed by atoms with van der Waals surface area (Å²) in [7, 11) is 0. The van der Waals surface area contributed by atoms with E-state index >= 15 is 0 Å². The van der Waals surface area contributed by atoms with Crippen molar-refractivity contribution in [1.29, 1.82) is 0 Å². The number of carbonyl (C=O) groups is 2. The first-order chi connectivity index (χ1) is 10.8. The molecule has 0 bridgehead atoms. The molecule has 1 aliphatic rings. The number of esters is 2. The van der Waals surface area contributed by atoms with Gasteiger partial charge < -0.3 is 19.7 Å². The third kappa shape index (κ3) is 6.11. The molecule has 1 fully saturated rings. The van der Waals surface area contributed by atoms with Gasteiger partial charge in [-0.25, -0.2) is 0 Å². The quantitative estimate of drug-likeness (QED) is 0.697. The number of rotatable bonds is 7. The van der Waals surface area contributed by atoms with E-state index in [0.29, 0.717) is 25.2 Å². The molecule has 23 heavy (non-hydrogen) atoms. The Labute approximate surface area is 138 Å². The maximum atomic E-state index is 12.4. The van der Waals surface area contributed by atoms with Crippen LogP contribution in [-0.4, -0.2) is 34.2 Å². The molecule has 0 aromatic rings. The maximum absolute atomic E-state index is 12.4. The molecule has 1 saturated heterocycles. The standard InChI is InChI=1S/C17H30O6/c1-4-6-8-13(5-2)11-14-9-7-10-15(19)22-17(21,12(3)18)23-16(14)20/h12-14,18,21H,4-11H2,1-3H3. The van der Waals surface area contributed by atoms with Crippen molar-refractivity contribution >= 4 is 11.9 Å². The average Bonchev–Trinajstić information content (AvgIpc) is 2.53. The highest BCUT2D eigenvalue weighted by Gasteiger charge is 2.44. The fourth-order valence-electron chi connectivity index (χ4n) is 2.84. The molecule has 4 atom stereocenters. The smallest absolute Gasteiger partial charge is 0.396 e. The molecule has 1 aliphatic heterocycles. The van der Waals surface area contributed by atoms with Crippen LogP contribution in [0, 0.1) is 11.8 Å². The van der Waals surface area contributed by atoms with Crippen LogP contribution in [0.3, 0.4) is 0 Å². The highest BCUT2D eigenvalue weighted by Crippen LogP contribution is 2.29. The van der Waals surface area contributed by atoms with Gasteiger partial charge in [0.1, 0.15) is 0 Å². The number of cyclic esters (lactones) is 2. The topological polar surface area (TPSA) is 93.1 Å². The van der Waals surface area contributed by atoms with E-state index in [1.165, 1.54) is 6.92 Å². The second-order valence-electron chi connectivity index (χ2n) is 6.44. The Morgan fingerprint density at radius 3 is 2.57 bits per heavy atom. The van der Waals surface area contributed by atoms with Crippen LogP contribution in [0.1, 0.15) is 72.1 Å². The summed E-state index contributed by atoms with van der Waals surface area (Å²) in [5.41, 5.74) is 0. The summed E-state index contributed by atoms with van der Waals surface area (Å²) in [5.74, 6) is -3.87. The van der Waals surface area contributed by atoms with E-state index < -0.39 is 29.9 Å². The van der Waals surface area contributed by atoms with Gasteiger partial charge in [-0.15, -0.1) is 0 Å². The lowest BCUT2D eigenvalue weighted by molar-refractivity contribution is -0.358. The summed E-state index contributed by atoms with van der Waals surface area (Å²) in [6.45, 7) is 5.44. The van der Waals surface area contributed by atoms with Crippen LogP contribution in [0.15, 0.2) is 0 Å². The average molecular weight is 330 g/mol. The van der Waals surface area contributed by atoms with Gasteiger partial charge in [-0.3, -0.25) is 9.59 Å². The van der Waals surface area contributed by atoms with E-state index in [-0.39, 0.29) is 6.42 Å². The molecule has 0 aliphatic carbocycles. The van der Waals surface area contributed by atoms with Crippen LogP contribution < -0.4 is 0 Å². The molecule has 4 unspecified atom stereocenters. The van der Waals surface area contributed by atoms with Gasteiger partial charge >= 0.3 is 17.9 Å². The Balaban J connectivity index is 2.83. The Bertz CT molecular complexity index is 395. The molecule has 6 heteroatoms. The summed E-state index contributed by atoms with van der Waals surface area (Å²) in [5, 5.41) is 19.7. The zero-order chi connectivity index (χ0) is 17.5. The van der Waals surface area contributed by atoms with Gasteiger partial charge in [-0.05, 0) is 32.1 Å². The van der Waals surface area contributed by atoms with Gasteiger partial charge in [0.05, 0.1) is 5.92 Å². The van der Waals surface area contributed by atoms with Crippen molar-refractivity contribution in [3.8, 4) is 0 Å². The van der Waals surface area contributed by atoms with Gasteiger partial charge in [-0.2, -0.15) is 0 Å². The molecule has 0 saturated carbocycles. The first-order valence-electron chi connectivity index (χ1n) is 8.67. The third-order valence-corrected chi connectivity index (χ3v) is 4.46. The second kappa shape index (κ2) is 9.23. The Kier molecular flexibility index (Phi) is 7.99. The van der Waals surface area contributed by atoms with E-state index in [9.17, 15) is 19.8 Å². The molecule has 0 spiro atoms. The van der Waals surface area contributed by atoms with E-state index in [2.05, 4.69) is 13.8 Å². The number of aliphatic hydroxyl groups excluding tert-OH is 1. The minimum Gasteiger partial charge on any atom is -0.396 e. The Morgan fingerprint density at radius 2 is 2.00 bits per heavy atom. The predicted octanol–water partition coefficient (Wildman–Crippen LogP) is 2.51. The molecule has 1 heterocycles. The van der Waals surface area contributed by atoms with E-state index in [4.69, 9.17) is 9.47 Å². The monoisotopic (exact) mass is 330 g/mol. The molecule has 0 aromatic carbocycles. The third-order valence-electron chi connectivity index (χ3n) is 4.46. The second-order valence-corrected chi connectivity index (χ2v) is 6.44. The fourth-order valence-corrected chi connectivity index (χ4v) is 2.84. The van der Waals surface area contributed by atoms with Crippen molar-refractivity contribution in [1.82, 2.24) is 0 Å². The molecular weight excluding hydrogens is 300 g/mol. The van der Waals surface area contributed by atoms with Gasteiger partial charge in [0.2, 0.25) is 0 Å². The minimum absolute atomic E-state index is 0.0912. The number of unbranched alkanes of at least 4 members (excludes halogenated alkanes) is 1. The molecule has 1 rings (SSSR count). The summed E-state index contributed by atoms with van der Waals surface area (Å²) >= 11 is 0. The van der Waals surface area contributed by atoms with E-state index in [1.807, 2.05) is 0 Å². The lowest BCUT2D eigenvalue weighted by Crippen LogP contribution is -2.49. The maximum Gasteiger partial charge on any atom is 0.400 e. The summed E-state index contributed by atoms with van der Waals surface area (Å²) in [6, 6.07) is 0. The number of hydrogen-bond donors (Lipinski definition) is 2. The van der Waals surface area contributed by atoms with Crippen LogP contribution >= 0.6 is 0 Å². The van der Waals surface area contributed by atoms with E-state index in [0.717, 1.165) is 25.7 Å². The summed E-state index contributed by atoms with van der Waals surface area (Å²) in [4.78, 5) is 24.0. The van der Waals surface area contributed by atoms with Crippen molar-refractivity contribution in [3.05, 3.63) is 0 Å². The van der Waals surface area contributed by atoms with Crippen LogP contribution in [0.2, 0.25) is 0 Å². The lowest BCUT2D eigenvalue weighted by Gasteiger charge is -2.30. The van der Waals surface area contributed by atoms with Gasteiger partial charge in [-0.1, -0.05) is 39.5 Å². The van der Waals surface area contributed by atoms with Crippen molar-refractivity contribution in [2.75, 3.05) is 0 Å². The molecule has 0 amide bonds. The largest absolute Gasteiger partial charge is 0.400 e. The minimum atomic E-state index is -2.60. The summed E-state index contributed by atoms with van der Waals surface area (Å²) in [6.07, 6.45) is 4.50. The predicted molar refractivity (Wildman–Crippen MR) is 84.1 cm³/mol. The Hall–Kier alpha value is -1.14. The van der Waals surface area contributed by atoms with Crippen molar-refractivity contribution in [3.63, 3.8) is 0 Å². The van der Waals surface area contributed by atoms with Crippen LogP contribution in [0.25, 0.3) is 0 Å². The molecule has 134 valence electrons. The molecule has 6 nitrogen and oxygen atoms in total. The zero-order valence-corrected chi connectivity index (χ0v) is 14.4. The SMILES string of the molecule is CCCCC(CC)CC1CCCC(=O)OC(O)(C(C)O)OC1=O. The zero-order valence-electron chi connectivity index (χ0n) is 14.4. The number of aliphatic hydroxyl groups is 2. The van der Waals surface area contributed by atoms with Crippen LogP contribution in [-0.2, 0) is 19.1 Å². The van der Waals surface area contributed by atoms with Gasteiger partial charge in [0.15, 0.2) is 6.10 Å². The van der Waals surface area contributed by atoms with Crippen molar-refractivity contribution < 1.29 is 29.3 Å². The number of carbonyl (C=O) groups excluding carboxylic acids is 2. The normalized spacial score (nSPS) is 28.8. The van der Waals surface area contributed by atoms with Crippen LogP contribution in [0.5, 0.6) is 0 Å². The molecule has 0 aromatic heterocycles. The highest BCUT2D eigenvalue weighted by molar-refractivity contribution is 5.74. The lowest BCUT2D eigenvalue weighted by atomic mass is 9.86. The highest BCUT2D eigenvalue weighted by atomic mass is 16.8.